The molecule has 0 saturated heterocycles. The predicted octanol–water partition coefficient (Wildman–Crippen LogP) is 13.6. The number of phosphoric ester groups is 1. The maximum Gasteiger partial charge on any atom is 0.306 e. The molecule has 59 heavy (non-hydrogen) atoms. The lowest BCUT2D eigenvalue weighted by Gasteiger charge is -2.28. The van der Waals surface area contributed by atoms with E-state index in [4.69, 9.17) is 18.5 Å². The summed E-state index contributed by atoms with van der Waals surface area (Å²) in [4.78, 5) is 25.1. The number of esters is 1. The van der Waals surface area contributed by atoms with Crippen LogP contribution in [0.5, 0.6) is 0 Å². The third-order valence-corrected chi connectivity index (χ3v) is 10.7. The molecule has 0 aromatic heterocycles. The third kappa shape index (κ3) is 46.9. The van der Waals surface area contributed by atoms with Crippen LogP contribution in [0.1, 0.15) is 181 Å². The van der Waals surface area contributed by atoms with Crippen molar-refractivity contribution in [1.29, 1.82) is 0 Å². The summed E-state index contributed by atoms with van der Waals surface area (Å²) < 4.78 is 34.6. The number of hydrogen-bond donors (Lipinski definition) is 0. The Labute approximate surface area is 363 Å². The molecule has 0 spiro atoms. The standard InChI is InChI=1S/C50H90NO7P/c1-6-8-10-12-14-16-18-20-21-22-23-24-25-26-27-28-29-30-32-34-36-38-40-42-45-55-47-49(48-57-59(53,54)56-46-44-51(3,4)5)58-50(52)43-41-39-37-35-33-31-19-17-15-13-11-9-7-2/h8,10-11,13-14,16-17,19-21,23-24,49H,6-7,9,12,15,18,22,25-48H2,1-5H3/b10-8-,13-11-,16-14-,19-17-,21-20-,24-23-. The fraction of sp³-hybridized carbons (Fsp3) is 0.740. The number of ether oxygens (including phenoxy) is 2. The van der Waals surface area contributed by atoms with Crippen LogP contribution in [0.2, 0.25) is 0 Å². The second-order valence-electron chi connectivity index (χ2n) is 16.7. The highest BCUT2D eigenvalue weighted by Crippen LogP contribution is 2.38. The zero-order valence-electron chi connectivity index (χ0n) is 38.7. The van der Waals surface area contributed by atoms with Gasteiger partial charge in [-0.3, -0.25) is 9.36 Å². The molecule has 0 saturated carbocycles. The van der Waals surface area contributed by atoms with Gasteiger partial charge in [0.1, 0.15) is 19.3 Å². The van der Waals surface area contributed by atoms with Crippen molar-refractivity contribution >= 4 is 13.8 Å². The van der Waals surface area contributed by atoms with Gasteiger partial charge in [-0.2, -0.15) is 0 Å². The second-order valence-corrected chi connectivity index (χ2v) is 18.1. The van der Waals surface area contributed by atoms with Crippen LogP contribution in [0, 0.1) is 0 Å². The normalized spacial score (nSPS) is 14.3. The average molecular weight is 848 g/mol. The molecule has 0 aliphatic heterocycles. The molecule has 0 heterocycles. The zero-order chi connectivity index (χ0) is 43.4. The Morgan fingerprint density at radius 2 is 0.983 bits per heavy atom. The van der Waals surface area contributed by atoms with Crippen LogP contribution in [0.25, 0.3) is 0 Å². The highest BCUT2D eigenvalue weighted by molar-refractivity contribution is 7.45. The van der Waals surface area contributed by atoms with Crippen LogP contribution < -0.4 is 4.89 Å². The number of allylic oxidation sites excluding steroid dienone is 12. The lowest BCUT2D eigenvalue weighted by Crippen LogP contribution is -2.37. The number of rotatable bonds is 43. The van der Waals surface area contributed by atoms with Crippen molar-refractivity contribution in [1.82, 2.24) is 0 Å². The Bertz CT molecular complexity index is 1170. The number of likely N-dealkylation sites (N-methyl/N-ethyl adjacent to an activating group) is 1. The van der Waals surface area contributed by atoms with E-state index >= 15 is 0 Å². The smallest absolute Gasteiger partial charge is 0.306 e. The van der Waals surface area contributed by atoms with E-state index in [9.17, 15) is 14.3 Å². The molecule has 0 aromatic rings. The van der Waals surface area contributed by atoms with Crippen LogP contribution in [0.3, 0.4) is 0 Å². The summed E-state index contributed by atoms with van der Waals surface area (Å²) in [6, 6.07) is 0. The lowest BCUT2D eigenvalue weighted by molar-refractivity contribution is -0.870. The van der Waals surface area contributed by atoms with Crippen LogP contribution in [-0.4, -0.2) is 70.7 Å². The monoisotopic (exact) mass is 848 g/mol. The largest absolute Gasteiger partial charge is 0.756 e. The molecule has 0 aliphatic carbocycles. The van der Waals surface area contributed by atoms with Crippen molar-refractivity contribution in [3.05, 3.63) is 72.9 Å². The molecule has 2 atom stereocenters. The Balaban J connectivity index is 4.14. The lowest BCUT2D eigenvalue weighted by atomic mass is 10.1. The quantitative estimate of drug-likeness (QED) is 0.0198. The Morgan fingerprint density at radius 1 is 0.542 bits per heavy atom. The number of hydrogen-bond acceptors (Lipinski definition) is 7. The summed E-state index contributed by atoms with van der Waals surface area (Å²) in [5.74, 6) is -0.352. The van der Waals surface area contributed by atoms with Gasteiger partial charge in [-0.1, -0.05) is 170 Å². The molecule has 0 rings (SSSR count). The minimum Gasteiger partial charge on any atom is -0.756 e. The molecule has 8 nitrogen and oxygen atoms in total. The number of quaternary nitrogens is 1. The van der Waals surface area contributed by atoms with Gasteiger partial charge in [0.25, 0.3) is 7.82 Å². The molecule has 342 valence electrons. The van der Waals surface area contributed by atoms with Crippen LogP contribution in [0.15, 0.2) is 72.9 Å². The SMILES string of the molecule is CC/C=C\C/C=C\C/C=C\C/C=C\CCCCCCCCCCCCCOCC(COP(=O)([O-])OCC[N+](C)(C)C)OC(=O)CCCCCCC/C=C\C/C=C\CCC. The molecular formula is C50H90NO7P. The van der Waals surface area contributed by atoms with Crippen molar-refractivity contribution in [3.63, 3.8) is 0 Å². The Morgan fingerprint density at radius 3 is 1.47 bits per heavy atom. The van der Waals surface area contributed by atoms with E-state index in [0.717, 1.165) is 89.9 Å². The van der Waals surface area contributed by atoms with Crippen molar-refractivity contribution in [2.24, 2.45) is 0 Å². The van der Waals surface area contributed by atoms with Gasteiger partial charge in [0.2, 0.25) is 0 Å². The molecule has 0 amide bonds. The van der Waals surface area contributed by atoms with Gasteiger partial charge in [0, 0.05) is 13.0 Å². The van der Waals surface area contributed by atoms with Gasteiger partial charge in [0.05, 0.1) is 34.4 Å². The molecule has 0 fully saturated rings. The maximum absolute atomic E-state index is 12.7. The summed E-state index contributed by atoms with van der Waals surface area (Å²) in [6.45, 7) is 5.20. The van der Waals surface area contributed by atoms with Gasteiger partial charge in [-0.05, 0) is 77.0 Å². The second kappa shape index (κ2) is 42.6. The summed E-state index contributed by atoms with van der Waals surface area (Å²) in [5, 5.41) is 0. The fourth-order valence-electron chi connectivity index (χ4n) is 6.10. The maximum atomic E-state index is 12.7. The van der Waals surface area contributed by atoms with Crippen molar-refractivity contribution in [2.75, 3.05) is 54.1 Å². The molecule has 9 heteroatoms. The molecule has 0 aliphatic rings. The number of phosphoric acid groups is 1. The predicted molar refractivity (Wildman–Crippen MR) is 249 cm³/mol. The van der Waals surface area contributed by atoms with Gasteiger partial charge >= 0.3 is 5.97 Å². The van der Waals surface area contributed by atoms with E-state index in [0.29, 0.717) is 24.1 Å². The minimum absolute atomic E-state index is 0.0195. The summed E-state index contributed by atoms with van der Waals surface area (Å²) in [5.41, 5.74) is 0. The van der Waals surface area contributed by atoms with Gasteiger partial charge in [0.15, 0.2) is 0 Å². The van der Waals surface area contributed by atoms with E-state index in [2.05, 4.69) is 86.8 Å². The topological polar surface area (TPSA) is 94.1 Å². The first-order valence-electron chi connectivity index (χ1n) is 23.7. The minimum atomic E-state index is -4.53. The number of carbonyl (C=O) groups is 1. The molecule has 0 radical (unpaired) electrons. The van der Waals surface area contributed by atoms with E-state index in [1.807, 2.05) is 21.1 Å². The average Bonchev–Trinajstić information content (AvgIpc) is 3.19. The van der Waals surface area contributed by atoms with Crippen LogP contribution in [-0.2, 0) is 27.9 Å². The Kier molecular flexibility index (Phi) is 41.1. The first-order chi connectivity index (χ1) is 28.6. The van der Waals surface area contributed by atoms with Gasteiger partial charge in [-0.25, -0.2) is 0 Å². The molecule has 0 bridgehead atoms. The van der Waals surface area contributed by atoms with Crippen molar-refractivity contribution < 1.29 is 37.3 Å². The summed E-state index contributed by atoms with van der Waals surface area (Å²) in [7, 11) is 1.34. The summed E-state index contributed by atoms with van der Waals surface area (Å²) >= 11 is 0. The van der Waals surface area contributed by atoms with Crippen molar-refractivity contribution in [3.8, 4) is 0 Å². The Hall–Kier alpha value is -2.06. The molecular weight excluding hydrogens is 758 g/mol. The van der Waals surface area contributed by atoms with E-state index in [1.54, 1.807) is 0 Å². The van der Waals surface area contributed by atoms with Crippen molar-refractivity contribution in [2.45, 2.75) is 187 Å². The molecule has 0 aromatic carbocycles. The van der Waals surface area contributed by atoms with E-state index in [-0.39, 0.29) is 25.8 Å². The summed E-state index contributed by atoms with van der Waals surface area (Å²) in [6.07, 6.45) is 54.9. The first kappa shape index (κ1) is 56.9. The molecule has 2 unspecified atom stereocenters. The van der Waals surface area contributed by atoms with Gasteiger partial charge < -0.3 is 27.9 Å². The van der Waals surface area contributed by atoms with E-state index < -0.39 is 13.9 Å². The molecule has 0 N–H and O–H groups in total. The zero-order valence-corrected chi connectivity index (χ0v) is 39.6. The highest BCUT2D eigenvalue weighted by Gasteiger charge is 2.20. The first-order valence-corrected chi connectivity index (χ1v) is 25.1. The van der Waals surface area contributed by atoms with Gasteiger partial charge in [-0.15, -0.1) is 0 Å². The number of unbranched alkanes of at least 4 members (excludes halogenated alkanes) is 17. The third-order valence-electron chi connectivity index (χ3n) is 9.72. The number of carbonyl (C=O) groups excluding carboxylic acids is 1. The van der Waals surface area contributed by atoms with Crippen LogP contribution in [0.4, 0.5) is 0 Å². The fourth-order valence-corrected chi connectivity index (χ4v) is 6.83. The highest BCUT2D eigenvalue weighted by atomic mass is 31.2. The van der Waals surface area contributed by atoms with Crippen LogP contribution >= 0.6 is 7.82 Å². The number of nitrogens with zero attached hydrogens (tertiary/aromatic N) is 1. The van der Waals surface area contributed by atoms with E-state index in [1.165, 1.54) is 70.6 Å².